The van der Waals surface area contributed by atoms with E-state index in [9.17, 15) is 4.79 Å². The highest BCUT2D eigenvalue weighted by atomic mass is 79.9. The van der Waals surface area contributed by atoms with E-state index < -0.39 is 5.97 Å². The lowest BCUT2D eigenvalue weighted by Gasteiger charge is -1.97. The molecule has 5 heteroatoms. The van der Waals surface area contributed by atoms with E-state index in [4.69, 9.17) is 10.00 Å². The summed E-state index contributed by atoms with van der Waals surface area (Å²) in [4.78, 5) is 13.5. The van der Waals surface area contributed by atoms with Crippen molar-refractivity contribution in [3.63, 3.8) is 0 Å². The van der Waals surface area contributed by atoms with E-state index in [2.05, 4.69) is 22.9 Å². The molecule has 0 saturated heterocycles. The summed E-state index contributed by atoms with van der Waals surface area (Å²) in [7, 11) is 0. The molecule has 0 amide bonds. The second-order valence-electron chi connectivity index (χ2n) is 3.16. The zero-order chi connectivity index (χ0) is 12.8. The number of hydrogen-bond donors (Lipinski definition) is 0. The summed E-state index contributed by atoms with van der Waals surface area (Å²) in [5, 5.41) is 8.89. The van der Waals surface area contributed by atoms with E-state index in [0.29, 0.717) is 0 Å². The Balaban J connectivity index is 2.99. The van der Waals surface area contributed by atoms with Gasteiger partial charge in [0, 0.05) is 14.2 Å². The van der Waals surface area contributed by atoms with Crippen molar-refractivity contribution in [1.29, 1.82) is 5.26 Å². The van der Waals surface area contributed by atoms with Crippen molar-refractivity contribution in [1.82, 2.24) is 0 Å². The number of ether oxygens (including phenoxy) is 1. The average Bonchev–Trinajstić information content (AvgIpc) is 2.66. The lowest BCUT2D eigenvalue weighted by atomic mass is 10.2. The highest BCUT2D eigenvalue weighted by molar-refractivity contribution is 9.10. The van der Waals surface area contributed by atoms with Crippen molar-refractivity contribution >= 4 is 39.3 Å². The SMILES string of the molecule is CCOC(=O)C(C#N)=Cc1cc(Br)c(CC)s1. The van der Waals surface area contributed by atoms with Crippen molar-refractivity contribution < 1.29 is 9.53 Å². The summed E-state index contributed by atoms with van der Waals surface area (Å²) in [5.74, 6) is -0.572. The van der Waals surface area contributed by atoms with Gasteiger partial charge in [-0.1, -0.05) is 6.92 Å². The molecule has 17 heavy (non-hydrogen) atoms. The Morgan fingerprint density at radius 3 is 2.82 bits per heavy atom. The quantitative estimate of drug-likeness (QED) is 0.485. The van der Waals surface area contributed by atoms with Gasteiger partial charge in [0.15, 0.2) is 0 Å². The third-order valence-electron chi connectivity index (χ3n) is 2.00. The molecule has 90 valence electrons. The fourth-order valence-electron chi connectivity index (χ4n) is 1.23. The molecule has 0 atom stereocenters. The van der Waals surface area contributed by atoms with Gasteiger partial charge in [-0.15, -0.1) is 11.3 Å². The first-order valence-electron chi connectivity index (χ1n) is 5.19. The van der Waals surface area contributed by atoms with Crippen LogP contribution >= 0.6 is 27.3 Å². The summed E-state index contributed by atoms with van der Waals surface area (Å²) in [6, 6.07) is 3.76. The van der Waals surface area contributed by atoms with Crippen LogP contribution in [-0.4, -0.2) is 12.6 Å². The number of carbonyl (C=O) groups excluding carboxylic acids is 1. The zero-order valence-corrected chi connectivity index (χ0v) is 12.0. The maximum atomic E-state index is 11.4. The molecule has 0 N–H and O–H groups in total. The van der Waals surface area contributed by atoms with E-state index in [1.54, 1.807) is 24.3 Å². The molecule has 1 heterocycles. The molecule has 0 unspecified atom stereocenters. The van der Waals surface area contributed by atoms with Gasteiger partial charge in [-0.2, -0.15) is 5.26 Å². The molecule has 0 aliphatic carbocycles. The minimum Gasteiger partial charge on any atom is -0.462 e. The normalized spacial score (nSPS) is 11.1. The van der Waals surface area contributed by atoms with E-state index in [-0.39, 0.29) is 12.2 Å². The molecule has 1 aromatic heterocycles. The smallest absolute Gasteiger partial charge is 0.348 e. The second kappa shape index (κ2) is 6.58. The largest absolute Gasteiger partial charge is 0.462 e. The van der Waals surface area contributed by atoms with E-state index in [1.807, 2.05) is 12.1 Å². The van der Waals surface area contributed by atoms with Gasteiger partial charge in [0.05, 0.1) is 6.61 Å². The van der Waals surface area contributed by atoms with Crippen LogP contribution in [0.25, 0.3) is 6.08 Å². The average molecular weight is 314 g/mol. The summed E-state index contributed by atoms with van der Waals surface area (Å²) < 4.78 is 5.81. The van der Waals surface area contributed by atoms with Gasteiger partial charge in [-0.25, -0.2) is 4.79 Å². The highest BCUT2D eigenvalue weighted by Crippen LogP contribution is 2.29. The molecule has 0 radical (unpaired) electrons. The van der Waals surface area contributed by atoms with Crippen LogP contribution in [0.2, 0.25) is 0 Å². The van der Waals surface area contributed by atoms with Crippen LogP contribution in [0.15, 0.2) is 16.1 Å². The number of nitrogens with zero attached hydrogens (tertiary/aromatic N) is 1. The van der Waals surface area contributed by atoms with Crippen molar-refractivity contribution in [3.05, 3.63) is 25.9 Å². The predicted molar refractivity (Wildman–Crippen MR) is 71.6 cm³/mol. The first-order valence-corrected chi connectivity index (χ1v) is 6.80. The van der Waals surface area contributed by atoms with Crippen molar-refractivity contribution in [3.8, 4) is 6.07 Å². The van der Waals surface area contributed by atoms with Crippen LogP contribution in [0.3, 0.4) is 0 Å². The Hall–Kier alpha value is -1.12. The number of rotatable bonds is 4. The topological polar surface area (TPSA) is 50.1 Å². The number of thiophene rings is 1. The van der Waals surface area contributed by atoms with Gasteiger partial charge in [0.25, 0.3) is 0 Å². The Bertz CT molecular complexity index is 485. The summed E-state index contributed by atoms with van der Waals surface area (Å²) >= 11 is 5.00. The van der Waals surface area contributed by atoms with Gasteiger partial charge in [0.1, 0.15) is 11.6 Å². The second-order valence-corrected chi connectivity index (χ2v) is 5.19. The molecule has 0 aliphatic heterocycles. The lowest BCUT2D eigenvalue weighted by molar-refractivity contribution is -0.137. The van der Waals surface area contributed by atoms with Crippen LogP contribution in [-0.2, 0) is 16.0 Å². The molecule has 3 nitrogen and oxygen atoms in total. The first kappa shape index (κ1) is 13.9. The molecule has 0 saturated carbocycles. The predicted octanol–water partition coefficient (Wildman–Crippen LogP) is 3.54. The van der Waals surface area contributed by atoms with Gasteiger partial charge >= 0.3 is 5.97 Å². The fraction of sp³-hybridized carbons (Fsp3) is 0.333. The molecular weight excluding hydrogens is 302 g/mol. The number of hydrogen-bond acceptors (Lipinski definition) is 4. The molecule has 1 rings (SSSR count). The third-order valence-corrected chi connectivity index (χ3v) is 4.20. The minimum absolute atomic E-state index is 0.0308. The molecule has 0 aliphatic rings. The fourth-order valence-corrected chi connectivity index (χ4v) is 3.09. The Morgan fingerprint density at radius 2 is 2.35 bits per heavy atom. The van der Waals surface area contributed by atoms with E-state index >= 15 is 0 Å². The Labute approximate surface area is 113 Å². The van der Waals surface area contributed by atoms with E-state index in [0.717, 1.165) is 15.8 Å². The molecule has 0 aromatic carbocycles. The molecule has 0 spiro atoms. The van der Waals surface area contributed by atoms with Crippen molar-refractivity contribution in [2.45, 2.75) is 20.3 Å². The number of carbonyl (C=O) groups is 1. The number of nitriles is 1. The van der Waals surface area contributed by atoms with Crippen molar-refractivity contribution in [2.24, 2.45) is 0 Å². The van der Waals surface area contributed by atoms with Gasteiger partial charge in [0.2, 0.25) is 0 Å². The van der Waals surface area contributed by atoms with Gasteiger partial charge < -0.3 is 4.74 Å². The van der Waals surface area contributed by atoms with Crippen LogP contribution < -0.4 is 0 Å². The zero-order valence-electron chi connectivity index (χ0n) is 9.62. The number of halogens is 1. The molecule has 0 bridgehead atoms. The lowest BCUT2D eigenvalue weighted by Crippen LogP contribution is -2.05. The minimum atomic E-state index is -0.572. The number of esters is 1. The molecule has 0 fully saturated rings. The van der Waals surface area contributed by atoms with Crippen LogP contribution in [0.5, 0.6) is 0 Å². The highest BCUT2D eigenvalue weighted by Gasteiger charge is 2.11. The van der Waals surface area contributed by atoms with Crippen LogP contribution in [0.4, 0.5) is 0 Å². The van der Waals surface area contributed by atoms with Crippen molar-refractivity contribution in [2.75, 3.05) is 6.61 Å². The van der Waals surface area contributed by atoms with Gasteiger partial charge in [-0.05, 0) is 41.4 Å². The Morgan fingerprint density at radius 1 is 1.65 bits per heavy atom. The van der Waals surface area contributed by atoms with Crippen LogP contribution in [0, 0.1) is 11.3 Å². The third kappa shape index (κ3) is 3.69. The first-order chi connectivity index (χ1) is 8.12. The summed E-state index contributed by atoms with van der Waals surface area (Å²) in [6.07, 6.45) is 2.48. The standard InChI is InChI=1S/C12H12BrNO2S/c1-3-11-10(13)6-9(17-11)5-8(7-14)12(15)16-4-2/h5-6H,3-4H2,1-2H3. The van der Waals surface area contributed by atoms with E-state index in [1.165, 1.54) is 4.88 Å². The summed E-state index contributed by atoms with van der Waals surface area (Å²) in [5.41, 5.74) is 0.0308. The maximum absolute atomic E-state index is 11.4. The molecular formula is C12H12BrNO2S. The molecule has 1 aromatic rings. The monoisotopic (exact) mass is 313 g/mol. The summed E-state index contributed by atoms with van der Waals surface area (Å²) in [6.45, 7) is 4.04. The van der Waals surface area contributed by atoms with Crippen LogP contribution in [0.1, 0.15) is 23.6 Å². The number of aryl methyl sites for hydroxylation is 1. The Kier molecular flexibility index (Phi) is 5.39. The van der Waals surface area contributed by atoms with Gasteiger partial charge in [-0.3, -0.25) is 0 Å². The maximum Gasteiger partial charge on any atom is 0.348 e.